The molecule has 0 radical (unpaired) electrons. The minimum Gasteiger partial charge on any atom is -0.491 e. The molecule has 0 saturated heterocycles. The Hall–Kier alpha value is -1.61. The Labute approximate surface area is 125 Å². The first-order chi connectivity index (χ1) is 9.45. The fraction of sp³-hybridized carbons (Fsp3) is 0.375. The lowest BCUT2D eigenvalue weighted by atomic mass is 10.1. The average Bonchev–Trinajstić information content (AvgIpc) is 2.37. The van der Waals surface area contributed by atoms with Gasteiger partial charge < -0.3 is 4.74 Å². The molecule has 0 saturated carbocycles. The van der Waals surface area contributed by atoms with Crippen LogP contribution in [0.3, 0.4) is 0 Å². The molecule has 0 aliphatic rings. The third kappa shape index (κ3) is 3.70. The summed E-state index contributed by atoms with van der Waals surface area (Å²) in [7, 11) is 0. The number of hydrogen-bond acceptors (Lipinski definition) is 3. The van der Waals surface area contributed by atoms with Crippen LogP contribution in [0.15, 0.2) is 30.3 Å². The van der Waals surface area contributed by atoms with Gasteiger partial charge in [0, 0.05) is 11.3 Å². The van der Waals surface area contributed by atoms with E-state index in [-0.39, 0.29) is 6.10 Å². The van der Waals surface area contributed by atoms with Crippen molar-refractivity contribution in [2.45, 2.75) is 39.7 Å². The summed E-state index contributed by atoms with van der Waals surface area (Å²) < 4.78 is 5.70. The zero-order valence-corrected chi connectivity index (χ0v) is 13.0. The van der Waals surface area contributed by atoms with Crippen molar-refractivity contribution in [2.24, 2.45) is 0 Å². The van der Waals surface area contributed by atoms with E-state index in [4.69, 9.17) is 16.3 Å². The van der Waals surface area contributed by atoms with Crippen LogP contribution >= 0.6 is 11.6 Å². The first kappa shape index (κ1) is 14.8. The highest BCUT2D eigenvalue weighted by Crippen LogP contribution is 2.25. The van der Waals surface area contributed by atoms with E-state index in [2.05, 4.69) is 23.8 Å². The van der Waals surface area contributed by atoms with Gasteiger partial charge in [0.05, 0.1) is 6.10 Å². The summed E-state index contributed by atoms with van der Waals surface area (Å²) in [6, 6.07) is 9.58. The van der Waals surface area contributed by atoms with Gasteiger partial charge in [0.2, 0.25) is 0 Å². The SMILES string of the molecule is CC(C)Oc1cccc(-c2nc(Cl)cc(C(C)C)n2)c1. The van der Waals surface area contributed by atoms with Crippen LogP contribution in [0.2, 0.25) is 5.15 Å². The molecule has 0 aliphatic carbocycles. The third-order valence-corrected chi connectivity index (χ3v) is 2.96. The molecule has 0 spiro atoms. The zero-order valence-electron chi connectivity index (χ0n) is 12.2. The van der Waals surface area contributed by atoms with Crippen molar-refractivity contribution in [3.8, 4) is 17.1 Å². The topological polar surface area (TPSA) is 35.0 Å². The molecule has 20 heavy (non-hydrogen) atoms. The lowest BCUT2D eigenvalue weighted by Crippen LogP contribution is -2.05. The van der Waals surface area contributed by atoms with E-state index in [0.29, 0.717) is 16.9 Å². The molecule has 1 aromatic carbocycles. The molecule has 0 aliphatic heterocycles. The van der Waals surface area contributed by atoms with E-state index >= 15 is 0 Å². The van der Waals surface area contributed by atoms with Gasteiger partial charge in [-0.3, -0.25) is 0 Å². The number of ether oxygens (including phenoxy) is 1. The second-order valence-corrected chi connectivity index (χ2v) is 5.68. The first-order valence-corrected chi connectivity index (χ1v) is 7.15. The number of hydrogen-bond donors (Lipinski definition) is 0. The van der Waals surface area contributed by atoms with Gasteiger partial charge in [0.15, 0.2) is 5.82 Å². The van der Waals surface area contributed by atoms with E-state index in [0.717, 1.165) is 17.0 Å². The lowest BCUT2D eigenvalue weighted by Gasteiger charge is -2.11. The van der Waals surface area contributed by atoms with Gasteiger partial charge in [-0.2, -0.15) is 0 Å². The number of benzene rings is 1. The van der Waals surface area contributed by atoms with Crippen LogP contribution in [-0.4, -0.2) is 16.1 Å². The molecule has 3 nitrogen and oxygen atoms in total. The van der Waals surface area contributed by atoms with Gasteiger partial charge in [0.1, 0.15) is 10.9 Å². The van der Waals surface area contributed by atoms with Crippen LogP contribution in [0.5, 0.6) is 5.75 Å². The van der Waals surface area contributed by atoms with Gasteiger partial charge in [0.25, 0.3) is 0 Å². The van der Waals surface area contributed by atoms with Gasteiger partial charge >= 0.3 is 0 Å². The number of nitrogens with zero attached hydrogens (tertiary/aromatic N) is 2. The molecular formula is C16H19ClN2O. The molecule has 0 fully saturated rings. The maximum absolute atomic E-state index is 6.09. The van der Waals surface area contributed by atoms with E-state index < -0.39 is 0 Å². The fourth-order valence-corrected chi connectivity index (χ4v) is 2.03. The Morgan fingerprint density at radius 2 is 1.80 bits per heavy atom. The maximum Gasteiger partial charge on any atom is 0.161 e. The highest BCUT2D eigenvalue weighted by molar-refractivity contribution is 6.29. The normalized spacial score (nSPS) is 11.2. The zero-order chi connectivity index (χ0) is 14.7. The second kappa shape index (κ2) is 6.23. The molecule has 4 heteroatoms. The molecule has 1 heterocycles. The van der Waals surface area contributed by atoms with Crippen LogP contribution in [0.25, 0.3) is 11.4 Å². The monoisotopic (exact) mass is 290 g/mol. The Morgan fingerprint density at radius 3 is 2.45 bits per heavy atom. The minimum absolute atomic E-state index is 0.136. The molecular weight excluding hydrogens is 272 g/mol. The summed E-state index contributed by atoms with van der Waals surface area (Å²) in [6.07, 6.45) is 0.136. The van der Waals surface area contributed by atoms with Crippen LogP contribution < -0.4 is 4.74 Å². The molecule has 0 N–H and O–H groups in total. The number of rotatable bonds is 4. The fourth-order valence-electron chi connectivity index (χ4n) is 1.84. The van der Waals surface area contributed by atoms with Crippen molar-refractivity contribution in [3.63, 3.8) is 0 Å². The van der Waals surface area contributed by atoms with Crippen LogP contribution in [0, 0.1) is 0 Å². The Morgan fingerprint density at radius 1 is 1.05 bits per heavy atom. The molecule has 0 amide bonds. The van der Waals surface area contributed by atoms with E-state index in [1.165, 1.54) is 0 Å². The van der Waals surface area contributed by atoms with E-state index in [1.807, 2.05) is 44.2 Å². The van der Waals surface area contributed by atoms with Crippen LogP contribution in [0.4, 0.5) is 0 Å². The van der Waals surface area contributed by atoms with Crippen LogP contribution in [-0.2, 0) is 0 Å². The highest BCUT2D eigenvalue weighted by atomic mass is 35.5. The maximum atomic E-state index is 6.09. The third-order valence-electron chi connectivity index (χ3n) is 2.77. The Bertz CT molecular complexity index is 597. The molecule has 0 bridgehead atoms. The smallest absolute Gasteiger partial charge is 0.161 e. The van der Waals surface area contributed by atoms with Crippen molar-refractivity contribution in [2.75, 3.05) is 0 Å². The van der Waals surface area contributed by atoms with E-state index in [1.54, 1.807) is 0 Å². The molecule has 0 atom stereocenters. The predicted molar refractivity (Wildman–Crippen MR) is 82.3 cm³/mol. The Kier molecular flexibility index (Phi) is 4.61. The van der Waals surface area contributed by atoms with Gasteiger partial charge in [-0.05, 0) is 38.0 Å². The summed E-state index contributed by atoms with van der Waals surface area (Å²) >= 11 is 6.09. The van der Waals surface area contributed by atoms with Crippen molar-refractivity contribution in [1.82, 2.24) is 9.97 Å². The highest BCUT2D eigenvalue weighted by Gasteiger charge is 2.09. The summed E-state index contributed by atoms with van der Waals surface area (Å²) in [4.78, 5) is 8.88. The lowest BCUT2D eigenvalue weighted by molar-refractivity contribution is 0.242. The largest absolute Gasteiger partial charge is 0.491 e. The van der Waals surface area contributed by atoms with Crippen LogP contribution in [0.1, 0.15) is 39.3 Å². The van der Waals surface area contributed by atoms with E-state index in [9.17, 15) is 0 Å². The summed E-state index contributed by atoms with van der Waals surface area (Å²) in [5.41, 5.74) is 1.85. The van der Waals surface area contributed by atoms with Gasteiger partial charge in [-0.15, -0.1) is 0 Å². The Balaban J connectivity index is 2.40. The van der Waals surface area contributed by atoms with Crippen molar-refractivity contribution < 1.29 is 4.74 Å². The van der Waals surface area contributed by atoms with Crippen molar-refractivity contribution >= 4 is 11.6 Å². The molecule has 106 valence electrons. The first-order valence-electron chi connectivity index (χ1n) is 6.77. The second-order valence-electron chi connectivity index (χ2n) is 5.29. The van der Waals surface area contributed by atoms with Gasteiger partial charge in [-0.1, -0.05) is 37.6 Å². The summed E-state index contributed by atoms with van der Waals surface area (Å²) in [6.45, 7) is 8.17. The minimum atomic E-state index is 0.136. The van der Waals surface area contributed by atoms with Gasteiger partial charge in [-0.25, -0.2) is 9.97 Å². The van der Waals surface area contributed by atoms with Crippen molar-refractivity contribution in [1.29, 1.82) is 0 Å². The van der Waals surface area contributed by atoms with Crippen molar-refractivity contribution in [3.05, 3.63) is 41.2 Å². The average molecular weight is 291 g/mol. The number of aromatic nitrogens is 2. The molecule has 1 aromatic heterocycles. The predicted octanol–water partition coefficient (Wildman–Crippen LogP) is 4.71. The molecule has 2 aromatic rings. The molecule has 2 rings (SSSR count). The molecule has 0 unspecified atom stereocenters. The summed E-state index contributed by atoms with van der Waals surface area (Å²) in [5, 5.41) is 0.467. The standard InChI is InChI=1S/C16H19ClN2O/c1-10(2)14-9-15(17)19-16(18-14)12-6-5-7-13(8-12)20-11(3)4/h5-11H,1-4H3. The quantitative estimate of drug-likeness (QED) is 0.765. The summed E-state index contributed by atoms with van der Waals surface area (Å²) in [5.74, 6) is 1.76. The number of halogens is 1.